The van der Waals surface area contributed by atoms with E-state index in [4.69, 9.17) is 4.74 Å². The summed E-state index contributed by atoms with van der Waals surface area (Å²) in [5.41, 5.74) is 2.42. The van der Waals surface area contributed by atoms with Gasteiger partial charge < -0.3 is 19.9 Å². The molecular weight excluding hydrogens is 452 g/mol. The van der Waals surface area contributed by atoms with Crippen LogP contribution in [0.1, 0.15) is 28.8 Å². The number of carbonyl (C=O) groups excluding carboxylic acids is 3. The molecule has 2 aliphatic rings. The minimum atomic E-state index is -0.278. The van der Waals surface area contributed by atoms with Crippen molar-refractivity contribution in [2.45, 2.75) is 25.8 Å². The fourth-order valence-corrected chi connectivity index (χ4v) is 5.81. The molecule has 182 valence electrons. The van der Waals surface area contributed by atoms with Crippen molar-refractivity contribution >= 4 is 34.1 Å². The maximum atomic E-state index is 13.5. The molecule has 0 bridgehead atoms. The van der Waals surface area contributed by atoms with Crippen molar-refractivity contribution in [1.82, 2.24) is 14.7 Å². The molecule has 2 aromatic rings. The summed E-state index contributed by atoms with van der Waals surface area (Å²) in [5, 5.41) is 3.57. The number of morpholine rings is 1. The van der Waals surface area contributed by atoms with Gasteiger partial charge in [-0.25, -0.2) is 0 Å². The van der Waals surface area contributed by atoms with Crippen LogP contribution in [0.25, 0.3) is 10.4 Å². The molecule has 1 N–H and O–H groups in total. The Kier molecular flexibility index (Phi) is 7.65. The van der Waals surface area contributed by atoms with Crippen LogP contribution < -0.4 is 5.32 Å². The number of likely N-dealkylation sites (N-methyl/N-ethyl adjacent to an activating group) is 1. The molecule has 9 heteroatoms. The lowest BCUT2D eigenvalue weighted by molar-refractivity contribution is -0.133. The number of amides is 3. The zero-order valence-corrected chi connectivity index (χ0v) is 20.8. The van der Waals surface area contributed by atoms with Crippen LogP contribution in [-0.4, -0.2) is 92.0 Å². The molecule has 2 saturated heterocycles. The lowest BCUT2D eigenvalue weighted by Gasteiger charge is -2.27. The van der Waals surface area contributed by atoms with Crippen molar-refractivity contribution in [3.05, 3.63) is 41.5 Å². The standard InChI is InChI=1S/C25H32N4O4S/c1-17-21(25(32)28-12-14-33-15-13-28)23(34-22(17)18-8-5-4-6-9-18)26-20(30)16-29-11-7-10-19(29)24(31)27(2)3/h4-6,8-9,19H,7,10-16H2,1-3H3,(H,26,30). The molecule has 0 spiro atoms. The Labute approximate surface area is 204 Å². The summed E-state index contributed by atoms with van der Waals surface area (Å²) in [6, 6.07) is 9.62. The summed E-state index contributed by atoms with van der Waals surface area (Å²) in [5.74, 6) is -0.279. The average molecular weight is 485 g/mol. The van der Waals surface area contributed by atoms with Crippen LogP contribution in [0.15, 0.2) is 30.3 Å². The van der Waals surface area contributed by atoms with E-state index in [1.54, 1.807) is 23.9 Å². The largest absolute Gasteiger partial charge is 0.378 e. The number of nitrogens with zero attached hydrogens (tertiary/aromatic N) is 3. The van der Waals surface area contributed by atoms with Gasteiger partial charge in [-0.05, 0) is 37.4 Å². The van der Waals surface area contributed by atoms with E-state index < -0.39 is 0 Å². The monoisotopic (exact) mass is 484 g/mol. The minimum absolute atomic E-state index is 0.0202. The number of hydrogen-bond donors (Lipinski definition) is 1. The van der Waals surface area contributed by atoms with Crippen molar-refractivity contribution in [2.75, 3.05) is 58.8 Å². The number of benzene rings is 1. The highest BCUT2D eigenvalue weighted by molar-refractivity contribution is 7.20. The second-order valence-corrected chi connectivity index (χ2v) is 9.96. The van der Waals surface area contributed by atoms with E-state index in [1.165, 1.54) is 11.3 Å². The number of anilines is 1. The van der Waals surface area contributed by atoms with Crippen molar-refractivity contribution in [3.8, 4) is 10.4 Å². The first-order valence-corrected chi connectivity index (χ1v) is 12.5. The summed E-state index contributed by atoms with van der Waals surface area (Å²) in [7, 11) is 3.48. The Hall–Kier alpha value is -2.75. The molecule has 2 aliphatic heterocycles. The van der Waals surface area contributed by atoms with Crippen LogP contribution in [0.4, 0.5) is 5.00 Å². The Bertz CT molecular complexity index is 1050. The molecule has 1 unspecified atom stereocenters. The van der Waals surface area contributed by atoms with E-state index in [9.17, 15) is 14.4 Å². The number of nitrogens with one attached hydrogen (secondary N) is 1. The summed E-state index contributed by atoms with van der Waals surface area (Å²) in [6.07, 6.45) is 1.63. The maximum absolute atomic E-state index is 13.5. The molecule has 0 radical (unpaired) electrons. The molecule has 2 fully saturated rings. The van der Waals surface area contributed by atoms with Gasteiger partial charge in [0.15, 0.2) is 0 Å². The molecule has 3 amide bonds. The first kappa shape index (κ1) is 24.4. The van der Waals surface area contributed by atoms with Crippen LogP contribution in [0, 0.1) is 6.92 Å². The highest BCUT2D eigenvalue weighted by atomic mass is 32.1. The number of hydrogen-bond acceptors (Lipinski definition) is 6. The van der Waals surface area contributed by atoms with Crippen molar-refractivity contribution in [3.63, 3.8) is 0 Å². The summed E-state index contributed by atoms with van der Waals surface area (Å²) >= 11 is 1.43. The third kappa shape index (κ3) is 5.16. The van der Waals surface area contributed by atoms with Crippen molar-refractivity contribution in [2.24, 2.45) is 0 Å². The normalized spacial score (nSPS) is 18.7. The quantitative estimate of drug-likeness (QED) is 0.682. The lowest BCUT2D eigenvalue weighted by atomic mass is 10.1. The Balaban J connectivity index is 1.59. The van der Waals surface area contributed by atoms with E-state index in [-0.39, 0.29) is 30.3 Å². The molecule has 8 nitrogen and oxygen atoms in total. The maximum Gasteiger partial charge on any atom is 0.257 e. The van der Waals surface area contributed by atoms with Gasteiger partial charge in [0.25, 0.3) is 5.91 Å². The van der Waals surface area contributed by atoms with Gasteiger partial charge in [0.2, 0.25) is 11.8 Å². The highest BCUT2D eigenvalue weighted by Crippen LogP contribution is 2.40. The Morgan fingerprint density at radius 2 is 1.82 bits per heavy atom. The second kappa shape index (κ2) is 10.7. The van der Waals surface area contributed by atoms with E-state index in [1.807, 2.05) is 42.2 Å². The van der Waals surface area contributed by atoms with Gasteiger partial charge in [-0.15, -0.1) is 11.3 Å². The minimum Gasteiger partial charge on any atom is -0.378 e. The van der Waals surface area contributed by atoms with Crippen LogP contribution in [0.5, 0.6) is 0 Å². The van der Waals surface area contributed by atoms with Gasteiger partial charge in [-0.3, -0.25) is 19.3 Å². The van der Waals surface area contributed by atoms with Gasteiger partial charge in [0.1, 0.15) is 5.00 Å². The molecule has 1 atom stereocenters. The molecule has 4 rings (SSSR count). The fourth-order valence-electron chi connectivity index (χ4n) is 4.59. The first-order valence-electron chi connectivity index (χ1n) is 11.7. The smallest absolute Gasteiger partial charge is 0.257 e. The highest BCUT2D eigenvalue weighted by Gasteiger charge is 2.33. The van der Waals surface area contributed by atoms with Gasteiger partial charge in [-0.2, -0.15) is 0 Å². The zero-order chi connectivity index (χ0) is 24.2. The van der Waals surface area contributed by atoms with Crippen LogP contribution in [-0.2, 0) is 14.3 Å². The molecule has 3 heterocycles. The predicted octanol–water partition coefficient (Wildman–Crippen LogP) is 2.69. The van der Waals surface area contributed by atoms with E-state index >= 15 is 0 Å². The van der Waals surface area contributed by atoms with Crippen LogP contribution in [0.2, 0.25) is 0 Å². The average Bonchev–Trinajstić information content (AvgIpc) is 3.43. The van der Waals surface area contributed by atoms with Gasteiger partial charge in [0, 0.05) is 32.1 Å². The van der Waals surface area contributed by atoms with E-state index in [0.29, 0.717) is 43.4 Å². The Morgan fingerprint density at radius 1 is 1.12 bits per heavy atom. The fraction of sp³-hybridized carbons (Fsp3) is 0.480. The zero-order valence-electron chi connectivity index (χ0n) is 20.0. The third-order valence-corrected chi connectivity index (χ3v) is 7.64. The molecule has 34 heavy (non-hydrogen) atoms. The summed E-state index contributed by atoms with van der Waals surface area (Å²) in [4.78, 5) is 45.4. The Morgan fingerprint density at radius 3 is 2.50 bits per heavy atom. The first-order chi connectivity index (χ1) is 16.4. The molecule has 1 aromatic heterocycles. The van der Waals surface area contributed by atoms with Crippen LogP contribution in [0.3, 0.4) is 0 Å². The predicted molar refractivity (Wildman–Crippen MR) is 133 cm³/mol. The molecule has 0 saturated carbocycles. The van der Waals surface area contributed by atoms with Crippen molar-refractivity contribution < 1.29 is 19.1 Å². The SMILES string of the molecule is Cc1c(-c2ccccc2)sc(NC(=O)CN2CCCC2C(=O)N(C)C)c1C(=O)N1CCOCC1. The van der Waals surface area contributed by atoms with E-state index in [2.05, 4.69) is 5.32 Å². The third-order valence-electron chi connectivity index (χ3n) is 6.38. The summed E-state index contributed by atoms with van der Waals surface area (Å²) < 4.78 is 5.41. The second-order valence-electron chi connectivity index (χ2n) is 8.94. The number of rotatable bonds is 6. The number of likely N-dealkylation sites (tertiary alicyclic amines) is 1. The van der Waals surface area contributed by atoms with Crippen LogP contribution >= 0.6 is 11.3 Å². The topological polar surface area (TPSA) is 82.2 Å². The van der Waals surface area contributed by atoms with E-state index in [0.717, 1.165) is 28.8 Å². The molecule has 1 aromatic carbocycles. The lowest BCUT2D eigenvalue weighted by Crippen LogP contribution is -2.45. The van der Waals surface area contributed by atoms with Gasteiger partial charge in [-0.1, -0.05) is 30.3 Å². The molecule has 0 aliphatic carbocycles. The number of thiophene rings is 1. The van der Waals surface area contributed by atoms with Gasteiger partial charge in [0.05, 0.1) is 31.4 Å². The summed E-state index contributed by atoms with van der Waals surface area (Å²) in [6.45, 7) is 4.85. The van der Waals surface area contributed by atoms with Gasteiger partial charge >= 0.3 is 0 Å². The molecular formula is C25H32N4O4S. The van der Waals surface area contributed by atoms with Crippen molar-refractivity contribution in [1.29, 1.82) is 0 Å². The number of ether oxygens (including phenoxy) is 1. The number of carbonyl (C=O) groups is 3.